The van der Waals surface area contributed by atoms with Crippen molar-refractivity contribution >= 4 is 11.9 Å². The Morgan fingerprint density at radius 2 is 2.12 bits per heavy atom. The molecule has 0 saturated carbocycles. The summed E-state index contributed by atoms with van der Waals surface area (Å²) in [5.41, 5.74) is 2.99. The summed E-state index contributed by atoms with van der Waals surface area (Å²) in [7, 11) is 3.42. The smallest absolute Gasteiger partial charge is 0.338 e. The molecule has 1 aliphatic rings. The number of carbonyl (C=O) groups excluding carboxylic acids is 1. The standard InChI is InChI=1S/C15H20N6O3/c1-9-12(14(22)24-6-5-23-4)13(11-7-17-20(3)10(11)2)21-15(19-9)16-8-18-21/h7-8,13H,5-6H2,1-4H3,(H,16,18,19)/t13-/m0/s1. The summed E-state index contributed by atoms with van der Waals surface area (Å²) in [6.45, 7) is 4.31. The first kappa shape index (κ1) is 16.2. The molecule has 0 amide bonds. The Morgan fingerprint density at radius 1 is 1.33 bits per heavy atom. The molecule has 2 aromatic heterocycles. The summed E-state index contributed by atoms with van der Waals surface area (Å²) in [5, 5.41) is 11.6. The molecular weight excluding hydrogens is 312 g/mol. The number of hydrogen-bond acceptors (Lipinski definition) is 7. The van der Waals surface area contributed by atoms with Gasteiger partial charge in [0.1, 0.15) is 19.0 Å². The van der Waals surface area contributed by atoms with Crippen LogP contribution in [-0.4, -0.2) is 50.8 Å². The highest BCUT2D eigenvalue weighted by atomic mass is 16.6. The van der Waals surface area contributed by atoms with Crippen LogP contribution in [0.25, 0.3) is 0 Å². The van der Waals surface area contributed by atoms with E-state index in [-0.39, 0.29) is 6.61 Å². The number of carbonyl (C=O) groups is 1. The second-order valence-corrected chi connectivity index (χ2v) is 5.53. The van der Waals surface area contributed by atoms with Crippen LogP contribution in [0, 0.1) is 6.92 Å². The van der Waals surface area contributed by atoms with Crippen LogP contribution in [0.15, 0.2) is 23.8 Å². The normalized spacial score (nSPS) is 16.8. The van der Waals surface area contributed by atoms with Crippen molar-refractivity contribution in [2.75, 3.05) is 25.6 Å². The number of anilines is 1. The Kier molecular flexibility index (Phi) is 4.34. The molecule has 0 unspecified atom stereocenters. The molecule has 0 aliphatic carbocycles. The molecule has 2 aromatic rings. The van der Waals surface area contributed by atoms with E-state index in [0.29, 0.717) is 23.8 Å². The van der Waals surface area contributed by atoms with Gasteiger partial charge >= 0.3 is 5.97 Å². The fourth-order valence-corrected chi connectivity index (χ4v) is 2.72. The summed E-state index contributed by atoms with van der Waals surface area (Å²) in [5.74, 6) is 0.167. The fraction of sp³-hybridized carbons (Fsp3) is 0.467. The Bertz CT molecular complexity index is 791. The quantitative estimate of drug-likeness (QED) is 0.639. The molecule has 1 aliphatic heterocycles. The minimum absolute atomic E-state index is 0.190. The Morgan fingerprint density at radius 3 is 2.79 bits per heavy atom. The third-order valence-electron chi connectivity index (χ3n) is 4.10. The van der Waals surface area contributed by atoms with Crippen LogP contribution in [0.3, 0.4) is 0 Å². The Hall–Kier alpha value is -2.68. The average Bonchev–Trinajstić information content (AvgIpc) is 3.14. The number of ether oxygens (including phenoxy) is 2. The zero-order valence-corrected chi connectivity index (χ0v) is 14.1. The molecule has 9 nitrogen and oxygen atoms in total. The number of nitrogens with zero attached hydrogens (tertiary/aromatic N) is 5. The number of aryl methyl sites for hydroxylation is 1. The van der Waals surface area contributed by atoms with Gasteiger partial charge in [0, 0.05) is 31.1 Å². The van der Waals surface area contributed by atoms with Crippen LogP contribution in [0.2, 0.25) is 0 Å². The van der Waals surface area contributed by atoms with E-state index in [0.717, 1.165) is 11.3 Å². The van der Waals surface area contributed by atoms with Gasteiger partial charge in [-0.3, -0.25) is 4.68 Å². The summed E-state index contributed by atoms with van der Waals surface area (Å²) >= 11 is 0. The molecule has 0 aromatic carbocycles. The molecule has 1 atom stereocenters. The van der Waals surface area contributed by atoms with Crippen molar-refractivity contribution in [2.24, 2.45) is 7.05 Å². The molecular formula is C15H20N6O3. The van der Waals surface area contributed by atoms with Crippen molar-refractivity contribution in [3.8, 4) is 0 Å². The van der Waals surface area contributed by atoms with E-state index in [9.17, 15) is 4.79 Å². The number of aromatic nitrogens is 5. The highest BCUT2D eigenvalue weighted by molar-refractivity contribution is 5.92. The predicted molar refractivity (Wildman–Crippen MR) is 85.3 cm³/mol. The monoisotopic (exact) mass is 332 g/mol. The maximum atomic E-state index is 12.7. The molecule has 0 fully saturated rings. The van der Waals surface area contributed by atoms with Gasteiger partial charge in [0.2, 0.25) is 5.95 Å². The second kappa shape index (κ2) is 6.44. The Balaban J connectivity index is 2.03. The maximum absolute atomic E-state index is 12.7. The van der Waals surface area contributed by atoms with Crippen LogP contribution < -0.4 is 5.32 Å². The lowest BCUT2D eigenvalue weighted by Gasteiger charge is -2.27. The van der Waals surface area contributed by atoms with Crippen LogP contribution in [-0.2, 0) is 21.3 Å². The molecule has 0 radical (unpaired) electrons. The van der Waals surface area contributed by atoms with Gasteiger partial charge in [-0.15, -0.1) is 0 Å². The molecule has 9 heteroatoms. The van der Waals surface area contributed by atoms with Crippen molar-refractivity contribution in [2.45, 2.75) is 19.9 Å². The lowest BCUT2D eigenvalue weighted by molar-refractivity contribution is -0.140. The Labute approximate surface area is 139 Å². The zero-order chi connectivity index (χ0) is 17.3. The van der Waals surface area contributed by atoms with Gasteiger partial charge in [-0.25, -0.2) is 9.48 Å². The van der Waals surface area contributed by atoms with Crippen LogP contribution in [0.1, 0.15) is 24.2 Å². The van der Waals surface area contributed by atoms with E-state index in [1.807, 2.05) is 20.9 Å². The van der Waals surface area contributed by atoms with Crippen molar-refractivity contribution < 1.29 is 14.3 Å². The first-order valence-corrected chi connectivity index (χ1v) is 7.56. The second-order valence-electron chi connectivity index (χ2n) is 5.53. The lowest BCUT2D eigenvalue weighted by atomic mass is 9.96. The van der Waals surface area contributed by atoms with E-state index >= 15 is 0 Å². The van der Waals surface area contributed by atoms with Crippen LogP contribution in [0.5, 0.6) is 0 Å². The third-order valence-corrected chi connectivity index (χ3v) is 4.10. The van der Waals surface area contributed by atoms with Gasteiger partial charge in [-0.2, -0.15) is 15.2 Å². The van der Waals surface area contributed by atoms with E-state index in [4.69, 9.17) is 9.47 Å². The molecule has 3 rings (SSSR count). The highest BCUT2D eigenvalue weighted by Gasteiger charge is 2.36. The van der Waals surface area contributed by atoms with Crippen molar-refractivity contribution in [3.05, 3.63) is 35.1 Å². The number of esters is 1. The number of allylic oxidation sites excluding steroid dienone is 1. The van der Waals surface area contributed by atoms with Gasteiger partial charge in [-0.05, 0) is 13.8 Å². The number of nitrogens with one attached hydrogen (secondary N) is 1. The number of methoxy groups -OCH3 is 1. The molecule has 1 N–H and O–H groups in total. The largest absolute Gasteiger partial charge is 0.460 e. The summed E-state index contributed by atoms with van der Waals surface area (Å²) < 4.78 is 13.7. The minimum atomic E-state index is -0.438. The van der Waals surface area contributed by atoms with E-state index in [1.165, 1.54) is 6.33 Å². The topological polar surface area (TPSA) is 96.1 Å². The average molecular weight is 332 g/mol. The van der Waals surface area contributed by atoms with Gasteiger partial charge in [0.05, 0.1) is 18.4 Å². The maximum Gasteiger partial charge on any atom is 0.338 e. The summed E-state index contributed by atoms with van der Waals surface area (Å²) in [4.78, 5) is 16.8. The van der Waals surface area contributed by atoms with Crippen molar-refractivity contribution in [3.63, 3.8) is 0 Å². The highest BCUT2D eigenvalue weighted by Crippen LogP contribution is 2.36. The molecule has 0 saturated heterocycles. The lowest BCUT2D eigenvalue weighted by Crippen LogP contribution is -2.30. The van der Waals surface area contributed by atoms with Crippen LogP contribution in [0.4, 0.5) is 5.95 Å². The number of hydrogen-bond donors (Lipinski definition) is 1. The molecule has 0 bridgehead atoms. The van der Waals surface area contributed by atoms with Gasteiger partial charge < -0.3 is 14.8 Å². The molecule has 3 heterocycles. The third kappa shape index (κ3) is 2.67. The SMILES string of the molecule is COCCOC(=O)C1=C(C)Nc2ncnn2[C@H]1c1cnn(C)c1C. The molecule has 0 spiro atoms. The summed E-state index contributed by atoms with van der Waals surface area (Å²) in [6.07, 6.45) is 3.19. The van der Waals surface area contributed by atoms with E-state index in [2.05, 4.69) is 20.5 Å². The number of fused-ring (bicyclic) bond motifs is 1. The zero-order valence-electron chi connectivity index (χ0n) is 14.1. The first-order chi connectivity index (χ1) is 11.5. The van der Waals surface area contributed by atoms with Gasteiger partial charge in [-0.1, -0.05) is 0 Å². The summed E-state index contributed by atoms with van der Waals surface area (Å²) in [6, 6.07) is -0.438. The van der Waals surface area contributed by atoms with E-state index in [1.54, 1.807) is 22.7 Å². The van der Waals surface area contributed by atoms with Crippen LogP contribution >= 0.6 is 0 Å². The molecule has 24 heavy (non-hydrogen) atoms. The van der Waals surface area contributed by atoms with Crippen molar-refractivity contribution in [1.29, 1.82) is 0 Å². The first-order valence-electron chi connectivity index (χ1n) is 7.56. The van der Waals surface area contributed by atoms with Gasteiger partial charge in [0.25, 0.3) is 0 Å². The predicted octanol–water partition coefficient (Wildman–Crippen LogP) is 0.799. The fourth-order valence-electron chi connectivity index (χ4n) is 2.72. The van der Waals surface area contributed by atoms with Crippen molar-refractivity contribution in [1.82, 2.24) is 24.5 Å². The number of rotatable bonds is 5. The minimum Gasteiger partial charge on any atom is -0.460 e. The molecule has 128 valence electrons. The van der Waals surface area contributed by atoms with Gasteiger partial charge in [0.15, 0.2) is 0 Å². The van der Waals surface area contributed by atoms with E-state index < -0.39 is 12.0 Å².